The largest absolute Gasteiger partial charge is 0.481 e. The van der Waals surface area contributed by atoms with Crippen molar-refractivity contribution in [2.75, 3.05) is 5.88 Å². The highest BCUT2D eigenvalue weighted by Gasteiger charge is 2.18. The topological polar surface area (TPSA) is 158 Å². The van der Waals surface area contributed by atoms with Crippen LogP contribution in [0.25, 0.3) is 0 Å². The van der Waals surface area contributed by atoms with E-state index in [2.05, 4.69) is 5.32 Å². The minimum Gasteiger partial charge on any atom is -0.481 e. The summed E-state index contributed by atoms with van der Waals surface area (Å²) >= 11 is 6.49. The van der Waals surface area contributed by atoms with Gasteiger partial charge in [0, 0.05) is 6.42 Å². The molecule has 1 aromatic heterocycles. The van der Waals surface area contributed by atoms with Crippen molar-refractivity contribution in [3.8, 4) is 0 Å². The fourth-order valence-electron chi connectivity index (χ4n) is 2.88. The van der Waals surface area contributed by atoms with Gasteiger partial charge in [-0.25, -0.2) is 4.79 Å². The molecule has 1 unspecified atom stereocenters. The van der Waals surface area contributed by atoms with Crippen LogP contribution in [0.1, 0.15) is 74.4 Å². The smallest absolute Gasteiger partial charge is 0.326 e. The summed E-state index contributed by atoms with van der Waals surface area (Å²) in [5.41, 5.74) is 0. The van der Waals surface area contributed by atoms with E-state index in [0.717, 1.165) is 25.7 Å². The maximum atomic E-state index is 11.2. The van der Waals surface area contributed by atoms with Crippen molar-refractivity contribution in [2.24, 2.45) is 5.92 Å². The molecule has 0 radical (unpaired) electrons. The Labute approximate surface area is 202 Å². The van der Waals surface area contributed by atoms with E-state index in [9.17, 15) is 24.0 Å². The average molecular weight is 506 g/mol. The first-order valence-electron chi connectivity index (χ1n) is 10.7. The van der Waals surface area contributed by atoms with Crippen molar-refractivity contribution < 1.29 is 39.3 Å². The summed E-state index contributed by atoms with van der Waals surface area (Å²) in [7, 11) is 0. The molecular weight excluding hydrogens is 474 g/mol. The summed E-state index contributed by atoms with van der Waals surface area (Å²) in [5.74, 6) is -3.35. The molecule has 186 valence electrons. The fourth-order valence-corrected chi connectivity index (χ4v) is 3.65. The molecular formula is C22H32ClNO8S. The summed E-state index contributed by atoms with van der Waals surface area (Å²) in [4.78, 5) is 53.3. The quantitative estimate of drug-likeness (QED) is 0.222. The maximum Gasteiger partial charge on any atom is 0.326 e. The van der Waals surface area contributed by atoms with Crippen LogP contribution in [-0.4, -0.2) is 56.8 Å². The van der Waals surface area contributed by atoms with Gasteiger partial charge in [-0.2, -0.15) is 0 Å². The third-order valence-corrected chi connectivity index (χ3v) is 5.88. The van der Waals surface area contributed by atoms with Gasteiger partial charge in [-0.3, -0.25) is 19.2 Å². The van der Waals surface area contributed by atoms with Crippen molar-refractivity contribution in [3.05, 3.63) is 22.4 Å². The van der Waals surface area contributed by atoms with Crippen LogP contribution in [0, 0.1) is 5.92 Å². The highest BCUT2D eigenvalue weighted by molar-refractivity contribution is 7.12. The Bertz CT molecular complexity index is 746. The monoisotopic (exact) mass is 505 g/mol. The van der Waals surface area contributed by atoms with Crippen molar-refractivity contribution in [1.29, 1.82) is 0 Å². The minimum absolute atomic E-state index is 0.0394. The Morgan fingerprint density at radius 3 is 2.06 bits per heavy atom. The number of amides is 1. The molecule has 1 aliphatic carbocycles. The Hall–Kier alpha value is -2.46. The lowest BCUT2D eigenvalue weighted by Gasteiger charge is -2.09. The van der Waals surface area contributed by atoms with Gasteiger partial charge in [0.05, 0.1) is 17.2 Å². The second-order valence-corrected chi connectivity index (χ2v) is 8.54. The molecule has 0 bridgehead atoms. The number of ketones is 1. The molecule has 0 aliphatic heterocycles. The third kappa shape index (κ3) is 15.1. The molecule has 1 fully saturated rings. The number of carboxylic acid groups (broad SMARTS) is 3. The lowest BCUT2D eigenvalue weighted by atomic mass is 10.0. The van der Waals surface area contributed by atoms with E-state index >= 15 is 0 Å². The first kappa shape index (κ1) is 30.5. The SMILES string of the molecule is CCC(NC(=O)CCl)C(=O)O.O=C(O)C1CCCCCC1.O=C(O)CCC(=O)c1cccs1. The zero-order valence-corrected chi connectivity index (χ0v) is 20.2. The maximum absolute atomic E-state index is 11.2. The van der Waals surface area contributed by atoms with E-state index in [4.69, 9.17) is 26.9 Å². The number of thiophene rings is 1. The van der Waals surface area contributed by atoms with E-state index < -0.39 is 29.9 Å². The Morgan fingerprint density at radius 2 is 1.67 bits per heavy atom. The number of carboxylic acids is 3. The Balaban J connectivity index is 0.000000467. The number of halogens is 1. The van der Waals surface area contributed by atoms with E-state index in [-0.39, 0.29) is 30.4 Å². The molecule has 4 N–H and O–H groups in total. The summed E-state index contributed by atoms with van der Waals surface area (Å²) in [6, 6.07) is 2.66. The van der Waals surface area contributed by atoms with E-state index in [1.807, 2.05) is 0 Å². The number of nitrogens with one attached hydrogen (secondary N) is 1. The fraction of sp³-hybridized carbons (Fsp3) is 0.591. The summed E-state index contributed by atoms with van der Waals surface area (Å²) in [5, 5.41) is 29.5. The second-order valence-electron chi connectivity index (χ2n) is 7.32. The molecule has 9 nitrogen and oxygen atoms in total. The lowest BCUT2D eigenvalue weighted by molar-refractivity contribution is -0.142. The number of hydrogen-bond donors (Lipinski definition) is 4. The predicted octanol–water partition coefficient (Wildman–Crippen LogP) is 4.04. The van der Waals surface area contributed by atoms with Crippen LogP contribution in [0.2, 0.25) is 0 Å². The number of hydrogen-bond acceptors (Lipinski definition) is 6. The van der Waals surface area contributed by atoms with Gasteiger partial charge in [0.15, 0.2) is 5.78 Å². The van der Waals surface area contributed by atoms with Gasteiger partial charge in [0.1, 0.15) is 11.9 Å². The van der Waals surface area contributed by atoms with Crippen LogP contribution >= 0.6 is 22.9 Å². The van der Waals surface area contributed by atoms with Crippen LogP contribution < -0.4 is 5.32 Å². The minimum atomic E-state index is -1.04. The van der Waals surface area contributed by atoms with Gasteiger partial charge < -0.3 is 20.6 Å². The lowest BCUT2D eigenvalue weighted by Crippen LogP contribution is -2.40. The molecule has 1 heterocycles. The molecule has 0 aromatic carbocycles. The molecule has 2 rings (SSSR count). The van der Waals surface area contributed by atoms with Crippen molar-refractivity contribution in [2.45, 2.75) is 70.8 Å². The zero-order valence-electron chi connectivity index (χ0n) is 18.6. The highest BCUT2D eigenvalue weighted by atomic mass is 35.5. The molecule has 1 atom stereocenters. The van der Waals surface area contributed by atoms with E-state index in [1.165, 1.54) is 24.2 Å². The van der Waals surface area contributed by atoms with E-state index in [0.29, 0.717) is 11.3 Å². The first-order chi connectivity index (χ1) is 15.6. The van der Waals surface area contributed by atoms with Gasteiger partial charge in [0.2, 0.25) is 5.91 Å². The van der Waals surface area contributed by atoms with Crippen LogP contribution in [0.4, 0.5) is 0 Å². The molecule has 11 heteroatoms. The molecule has 1 saturated carbocycles. The molecule has 1 aromatic rings. The van der Waals surface area contributed by atoms with Gasteiger partial charge >= 0.3 is 17.9 Å². The molecule has 1 amide bonds. The van der Waals surface area contributed by atoms with Crippen LogP contribution in [-0.2, 0) is 19.2 Å². The third-order valence-electron chi connectivity index (χ3n) is 4.73. The van der Waals surface area contributed by atoms with Crippen molar-refractivity contribution in [1.82, 2.24) is 5.32 Å². The summed E-state index contributed by atoms with van der Waals surface area (Å²) in [6.45, 7) is 1.67. The van der Waals surface area contributed by atoms with Gasteiger partial charge in [-0.05, 0) is 30.7 Å². The van der Waals surface area contributed by atoms with Crippen LogP contribution in [0.5, 0.6) is 0 Å². The normalized spacial score (nSPS) is 14.2. The van der Waals surface area contributed by atoms with Crippen LogP contribution in [0.15, 0.2) is 17.5 Å². The number of Topliss-reactive ketones (excluding diaryl/α,β-unsaturated/α-hetero) is 1. The predicted molar refractivity (Wildman–Crippen MR) is 125 cm³/mol. The van der Waals surface area contributed by atoms with Gasteiger partial charge in [0.25, 0.3) is 0 Å². The van der Waals surface area contributed by atoms with Gasteiger partial charge in [-0.15, -0.1) is 22.9 Å². The molecule has 1 aliphatic rings. The molecule has 33 heavy (non-hydrogen) atoms. The average Bonchev–Trinajstić information content (AvgIpc) is 3.18. The van der Waals surface area contributed by atoms with Crippen LogP contribution in [0.3, 0.4) is 0 Å². The number of rotatable bonds is 9. The zero-order chi connectivity index (χ0) is 25.2. The standard InChI is InChI=1S/C8H8O3S.C8H14O2.C6H10ClNO3/c9-6(3-4-8(10)11)7-2-1-5-12-7;9-8(10)7-5-3-1-2-4-6-7;1-2-4(6(10)11)8-5(9)3-7/h1-2,5H,3-4H2,(H,10,11);7H,1-6H2,(H,9,10);4H,2-3H2,1H3,(H,8,9)(H,10,11). The van der Waals surface area contributed by atoms with Gasteiger partial charge in [-0.1, -0.05) is 38.7 Å². The summed E-state index contributed by atoms with van der Waals surface area (Å²) < 4.78 is 0. The van der Waals surface area contributed by atoms with Crippen molar-refractivity contribution >= 4 is 52.5 Å². The number of carbonyl (C=O) groups excluding carboxylic acids is 2. The number of aliphatic carboxylic acids is 3. The Kier molecular flexibility index (Phi) is 16.7. The van der Waals surface area contributed by atoms with Crippen molar-refractivity contribution in [3.63, 3.8) is 0 Å². The number of carbonyl (C=O) groups is 5. The number of alkyl halides is 1. The van der Waals surface area contributed by atoms with E-state index in [1.54, 1.807) is 24.4 Å². The first-order valence-corrected chi connectivity index (χ1v) is 12.1. The Morgan fingerprint density at radius 1 is 1.06 bits per heavy atom. The molecule has 0 spiro atoms. The summed E-state index contributed by atoms with van der Waals surface area (Å²) in [6.07, 6.45) is 6.83. The highest BCUT2D eigenvalue weighted by Crippen LogP contribution is 2.22. The molecule has 0 saturated heterocycles. The second kappa shape index (κ2) is 18.0.